The molecule has 0 aromatic carbocycles. The van der Waals surface area contributed by atoms with Crippen molar-refractivity contribution < 1.29 is 4.79 Å². The van der Waals surface area contributed by atoms with E-state index in [1.165, 1.54) is 19.3 Å². The molecule has 2 nitrogen and oxygen atoms in total. The summed E-state index contributed by atoms with van der Waals surface area (Å²) < 4.78 is 0. The Morgan fingerprint density at radius 2 is 1.88 bits per heavy atom. The minimum absolute atomic E-state index is 0.282. The summed E-state index contributed by atoms with van der Waals surface area (Å²) in [6.45, 7) is 4.25. The van der Waals surface area contributed by atoms with Gasteiger partial charge in [0.15, 0.2) is 5.78 Å². The van der Waals surface area contributed by atoms with Crippen molar-refractivity contribution in [1.82, 2.24) is 4.90 Å². The van der Waals surface area contributed by atoms with Crippen LogP contribution in [0.3, 0.4) is 0 Å². The molecule has 0 aromatic rings. The summed E-state index contributed by atoms with van der Waals surface area (Å²) in [6, 6.07) is 0. The van der Waals surface area contributed by atoms with E-state index in [4.69, 9.17) is 0 Å². The van der Waals surface area contributed by atoms with Gasteiger partial charge in [0.1, 0.15) is 0 Å². The van der Waals surface area contributed by atoms with Crippen molar-refractivity contribution in [3.05, 3.63) is 11.6 Å². The fraction of sp³-hybridized carbons (Fsp3) is 0.800. The summed E-state index contributed by atoms with van der Waals surface area (Å²) >= 11 is 0. The molecular weight excluding hydrogens is 210 g/mol. The summed E-state index contributed by atoms with van der Waals surface area (Å²) in [6.07, 6.45) is 9.73. The van der Waals surface area contributed by atoms with Crippen molar-refractivity contribution in [1.29, 1.82) is 0 Å². The zero-order valence-corrected chi connectivity index (χ0v) is 11.9. The molecule has 98 valence electrons. The third-order valence-electron chi connectivity index (χ3n) is 4.28. The lowest BCUT2D eigenvalue weighted by Gasteiger charge is -2.37. The van der Waals surface area contributed by atoms with Gasteiger partial charge in [-0.3, -0.25) is 9.69 Å². The second-order valence-corrected chi connectivity index (χ2v) is 5.29. The standard InChI is InChI=1S/C15H27NO/c1-5-15(6-2,16(3)4)14(17)13-11-9-7-8-10-12-13/h11H,5-10,12H2,1-4H3. The Hall–Kier alpha value is -0.630. The van der Waals surface area contributed by atoms with Gasteiger partial charge in [-0.1, -0.05) is 26.3 Å². The molecule has 0 aliphatic heterocycles. The average molecular weight is 237 g/mol. The van der Waals surface area contributed by atoms with Gasteiger partial charge in [0.25, 0.3) is 0 Å². The van der Waals surface area contributed by atoms with Crippen LogP contribution in [0, 0.1) is 0 Å². The molecule has 1 aliphatic rings. The number of ketones is 1. The fourth-order valence-electron chi connectivity index (χ4n) is 2.93. The largest absolute Gasteiger partial charge is 0.297 e. The molecule has 2 heteroatoms. The highest BCUT2D eigenvalue weighted by Crippen LogP contribution is 2.29. The Kier molecular flexibility index (Phi) is 5.38. The van der Waals surface area contributed by atoms with Crippen LogP contribution in [0.2, 0.25) is 0 Å². The van der Waals surface area contributed by atoms with Crippen molar-refractivity contribution in [3.8, 4) is 0 Å². The van der Waals surface area contributed by atoms with E-state index in [2.05, 4.69) is 24.8 Å². The molecule has 0 spiro atoms. The number of Topliss-reactive ketones (excluding diaryl/α,β-unsaturated/α-hetero) is 1. The summed E-state index contributed by atoms with van der Waals surface area (Å²) in [5.41, 5.74) is 0.802. The number of rotatable bonds is 5. The molecule has 0 N–H and O–H groups in total. The Morgan fingerprint density at radius 1 is 1.24 bits per heavy atom. The fourth-order valence-corrected chi connectivity index (χ4v) is 2.93. The number of carbonyl (C=O) groups is 1. The molecule has 0 saturated carbocycles. The second kappa shape index (κ2) is 6.34. The first-order valence-corrected chi connectivity index (χ1v) is 6.99. The minimum atomic E-state index is -0.282. The summed E-state index contributed by atoms with van der Waals surface area (Å²) in [5, 5.41) is 0. The van der Waals surface area contributed by atoms with E-state index < -0.39 is 0 Å². The molecule has 0 saturated heterocycles. The number of hydrogen-bond donors (Lipinski definition) is 0. The molecule has 0 heterocycles. The van der Waals surface area contributed by atoms with Crippen LogP contribution in [0.25, 0.3) is 0 Å². The molecular formula is C15H27NO. The first-order valence-electron chi connectivity index (χ1n) is 6.99. The van der Waals surface area contributed by atoms with E-state index in [1.54, 1.807) is 0 Å². The number of likely N-dealkylation sites (N-methyl/N-ethyl adjacent to an activating group) is 1. The van der Waals surface area contributed by atoms with E-state index in [-0.39, 0.29) is 5.54 Å². The predicted molar refractivity (Wildman–Crippen MR) is 73.2 cm³/mol. The maximum atomic E-state index is 12.8. The lowest BCUT2D eigenvalue weighted by atomic mass is 9.82. The lowest BCUT2D eigenvalue weighted by Crippen LogP contribution is -2.50. The van der Waals surface area contributed by atoms with Crippen molar-refractivity contribution in [2.24, 2.45) is 0 Å². The van der Waals surface area contributed by atoms with E-state index in [1.807, 2.05) is 14.1 Å². The van der Waals surface area contributed by atoms with Crippen molar-refractivity contribution >= 4 is 5.78 Å². The minimum Gasteiger partial charge on any atom is -0.297 e. The number of nitrogens with zero attached hydrogens (tertiary/aromatic N) is 1. The SMILES string of the molecule is CCC(CC)(C(=O)C1=CCCCCC1)N(C)C. The Morgan fingerprint density at radius 3 is 2.41 bits per heavy atom. The van der Waals surface area contributed by atoms with Crippen LogP contribution in [0.1, 0.15) is 58.8 Å². The van der Waals surface area contributed by atoms with Gasteiger partial charge < -0.3 is 0 Å². The number of allylic oxidation sites excluding steroid dienone is 1. The Labute approximate surface area is 106 Å². The predicted octanol–water partition coefficient (Wildman–Crippen LogP) is 3.57. The second-order valence-electron chi connectivity index (χ2n) is 5.29. The Balaban J connectivity index is 2.94. The van der Waals surface area contributed by atoms with Gasteiger partial charge in [0.2, 0.25) is 0 Å². The van der Waals surface area contributed by atoms with E-state index >= 15 is 0 Å². The van der Waals surface area contributed by atoms with Gasteiger partial charge in [-0.05, 0) is 58.2 Å². The molecule has 17 heavy (non-hydrogen) atoms. The molecule has 0 atom stereocenters. The highest BCUT2D eigenvalue weighted by atomic mass is 16.1. The molecule has 1 aliphatic carbocycles. The summed E-state index contributed by atoms with van der Waals surface area (Å²) in [7, 11) is 4.06. The molecule has 1 rings (SSSR count). The molecule has 0 fully saturated rings. The highest BCUT2D eigenvalue weighted by Gasteiger charge is 2.38. The van der Waals surface area contributed by atoms with E-state index in [0.29, 0.717) is 5.78 Å². The average Bonchev–Trinajstić information content (AvgIpc) is 2.59. The van der Waals surface area contributed by atoms with Crippen molar-refractivity contribution in [2.75, 3.05) is 14.1 Å². The van der Waals surface area contributed by atoms with Gasteiger partial charge in [-0.2, -0.15) is 0 Å². The number of hydrogen-bond acceptors (Lipinski definition) is 2. The quantitative estimate of drug-likeness (QED) is 0.728. The molecule has 0 unspecified atom stereocenters. The normalized spacial score (nSPS) is 17.8. The van der Waals surface area contributed by atoms with Gasteiger partial charge in [0.05, 0.1) is 5.54 Å². The van der Waals surface area contributed by atoms with Crippen LogP contribution in [0.4, 0.5) is 0 Å². The van der Waals surface area contributed by atoms with E-state index in [9.17, 15) is 4.79 Å². The summed E-state index contributed by atoms with van der Waals surface area (Å²) in [5.74, 6) is 0.370. The number of carbonyl (C=O) groups excluding carboxylic acids is 1. The monoisotopic (exact) mass is 237 g/mol. The zero-order chi connectivity index (χ0) is 12.9. The van der Waals surface area contributed by atoms with Crippen LogP contribution >= 0.6 is 0 Å². The summed E-state index contributed by atoms with van der Waals surface area (Å²) in [4.78, 5) is 14.9. The third-order valence-corrected chi connectivity index (χ3v) is 4.28. The van der Waals surface area contributed by atoms with Gasteiger partial charge in [-0.15, -0.1) is 0 Å². The molecule has 0 amide bonds. The zero-order valence-electron chi connectivity index (χ0n) is 11.9. The molecule has 0 aromatic heterocycles. The molecule has 0 radical (unpaired) electrons. The van der Waals surface area contributed by atoms with Crippen LogP contribution in [-0.4, -0.2) is 30.3 Å². The van der Waals surface area contributed by atoms with Crippen LogP contribution in [0.15, 0.2) is 11.6 Å². The van der Waals surface area contributed by atoms with E-state index in [0.717, 1.165) is 31.3 Å². The van der Waals surface area contributed by atoms with Crippen LogP contribution in [0.5, 0.6) is 0 Å². The van der Waals surface area contributed by atoms with Crippen molar-refractivity contribution in [3.63, 3.8) is 0 Å². The van der Waals surface area contributed by atoms with Gasteiger partial charge >= 0.3 is 0 Å². The maximum Gasteiger partial charge on any atom is 0.178 e. The highest BCUT2D eigenvalue weighted by molar-refractivity contribution is 6.02. The first kappa shape index (κ1) is 14.4. The van der Waals surface area contributed by atoms with Crippen molar-refractivity contribution in [2.45, 2.75) is 64.3 Å². The van der Waals surface area contributed by atoms with Gasteiger partial charge in [-0.25, -0.2) is 0 Å². The molecule has 0 bridgehead atoms. The first-order chi connectivity index (χ1) is 8.08. The maximum absolute atomic E-state index is 12.8. The van der Waals surface area contributed by atoms with Gasteiger partial charge in [0, 0.05) is 0 Å². The van der Waals surface area contributed by atoms with Crippen LogP contribution in [-0.2, 0) is 4.79 Å². The smallest absolute Gasteiger partial charge is 0.178 e. The third kappa shape index (κ3) is 2.98. The van der Waals surface area contributed by atoms with Crippen LogP contribution < -0.4 is 0 Å². The Bertz CT molecular complexity index is 287. The topological polar surface area (TPSA) is 20.3 Å². The lowest BCUT2D eigenvalue weighted by molar-refractivity contribution is -0.126.